The third-order valence-electron chi connectivity index (χ3n) is 6.29. The minimum Gasteiger partial charge on any atom is -0.338 e. The number of hydrogen-bond donors (Lipinski definition) is 0. The summed E-state index contributed by atoms with van der Waals surface area (Å²) in [6, 6.07) is 14.3. The predicted octanol–water partition coefficient (Wildman–Crippen LogP) is 4.01. The largest absolute Gasteiger partial charge is 0.338 e. The van der Waals surface area contributed by atoms with Crippen molar-refractivity contribution in [2.45, 2.75) is 37.6 Å². The molecule has 0 saturated carbocycles. The highest BCUT2D eigenvalue weighted by Gasteiger charge is 2.45. The second-order valence-electron chi connectivity index (χ2n) is 8.11. The van der Waals surface area contributed by atoms with Crippen molar-refractivity contribution in [3.8, 4) is 5.69 Å². The molecule has 1 aromatic heterocycles. The molecule has 2 aliphatic rings. The van der Waals surface area contributed by atoms with Gasteiger partial charge >= 0.3 is 0 Å². The van der Waals surface area contributed by atoms with Crippen molar-refractivity contribution >= 4 is 29.1 Å². The van der Waals surface area contributed by atoms with Crippen LogP contribution in [0.4, 0.5) is 16.0 Å². The molecule has 5 rings (SSSR count). The number of amides is 1. The van der Waals surface area contributed by atoms with Gasteiger partial charge in [0.15, 0.2) is 0 Å². The lowest BCUT2D eigenvalue weighted by molar-refractivity contribution is -0.121. The number of anilines is 2. The maximum Gasteiger partial charge on any atom is 0.266 e. The second kappa shape index (κ2) is 7.92. The van der Waals surface area contributed by atoms with Crippen molar-refractivity contribution < 1.29 is 9.18 Å². The number of para-hydroxylation sites is 1. The average Bonchev–Trinajstić information content (AvgIpc) is 3.28. The molecule has 7 nitrogen and oxygen atoms in total. The minimum atomic E-state index is -0.508. The van der Waals surface area contributed by atoms with Crippen molar-refractivity contribution in [3.63, 3.8) is 0 Å². The Bertz CT molecular complexity index is 1100. The van der Waals surface area contributed by atoms with Crippen LogP contribution >= 0.6 is 11.6 Å². The zero-order valence-electron chi connectivity index (χ0n) is 16.9. The van der Waals surface area contributed by atoms with Crippen LogP contribution in [0, 0.1) is 5.82 Å². The summed E-state index contributed by atoms with van der Waals surface area (Å²) >= 11 is 5.86. The van der Waals surface area contributed by atoms with E-state index in [0.717, 1.165) is 31.4 Å². The molecule has 3 heterocycles. The van der Waals surface area contributed by atoms with Crippen LogP contribution in [0.25, 0.3) is 5.69 Å². The first-order chi connectivity index (χ1) is 15.1. The Kier molecular flexibility index (Phi) is 5.09. The van der Waals surface area contributed by atoms with E-state index < -0.39 is 5.82 Å². The van der Waals surface area contributed by atoms with E-state index in [1.165, 1.54) is 16.9 Å². The molecule has 9 heteroatoms. The Morgan fingerprint density at radius 3 is 2.52 bits per heavy atom. The van der Waals surface area contributed by atoms with Crippen LogP contribution in [0.5, 0.6) is 0 Å². The van der Waals surface area contributed by atoms with Crippen LogP contribution in [0.1, 0.15) is 32.1 Å². The van der Waals surface area contributed by atoms with Gasteiger partial charge in [0, 0.05) is 25.2 Å². The number of carbonyl (C=O) groups excluding carboxylic acids is 1. The fourth-order valence-corrected chi connectivity index (χ4v) is 4.82. The smallest absolute Gasteiger partial charge is 0.266 e. The van der Waals surface area contributed by atoms with Gasteiger partial charge in [-0.05, 0) is 61.2 Å². The SMILES string of the molecule is O=C1CCCC2(CCN(c3nnn(-c4ccccc4)n3)CC2)N1c1ccc(Cl)c(F)c1. The highest BCUT2D eigenvalue weighted by atomic mass is 35.5. The summed E-state index contributed by atoms with van der Waals surface area (Å²) in [7, 11) is 0. The summed E-state index contributed by atoms with van der Waals surface area (Å²) in [5, 5.41) is 13.0. The van der Waals surface area contributed by atoms with Crippen molar-refractivity contribution in [2.24, 2.45) is 0 Å². The summed E-state index contributed by atoms with van der Waals surface area (Å²) in [5.41, 5.74) is 1.10. The Hall–Kier alpha value is -3.00. The second-order valence-corrected chi connectivity index (χ2v) is 8.51. The molecule has 1 amide bonds. The maximum atomic E-state index is 14.1. The standard InChI is InChI=1S/C22H22ClFN6O/c23-18-9-8-17(15-19(18)24)29-20(31)7-4-10-22(29)11-13-28(14-12-22)21-25-27-30(26-21)16-5-2-1-3-6-16/h1-3,5-6,8-9,15H,4,7,10-14H2. The van der Waals surface area contributed by atoms with Crippen LogP contribution in [0.15, 0.2) is 48.5 Å². The highest BCUT2D eigenvalue weighted by Crippen LogP contribution is 2.42. The van der Waals surface area contributed by atoms with Gasteiger partial charge < -0.3 is 9.80 Å². The van der Waals surface area contributed by atoms with E-state index >= 15 is 0 Å². The number of piperidine rings is 2. The van der Waals surface area contributed by atoms with Gasteiger partial charge in [-0.15, -0.1) is 9.90 Å². The lowest BCUT2D eigenvalue weighted by Gasteiger charge is -2.51. The summed E-state index contributed by atoms with van der Waals surface area (Å²) in [5.74, 6) is 0.103. The summed E-state index contributed by atoms with van der Waals surface area (Å²) in [4.78, 5) is 18.3. The van der Waals surface area contributed by atoms with E-state index in [2.05, 4.69) is 20.3 Å². The molecule has 1 spiro atoms. The highest BCUT2D eigenvalue weighted by molar-refractivity contribution is 6.30. The molecular weight excluding hydrogens is 419 g/mol. The topological polar surface area (TPSA) is 67.2 Å². The summed E-state index contributed by atoms with van der Waals surface area (Å²) in [6.45, 7) is 1.39. The Morgan fingerprint density at radius 2 is 1.77 bits per heavy atom. The number of nitrogens with zero attached hydrogens (tertiary/aromatic N) is 6. The van der Waals surface area contributed by atoms with E-state index in [9.17, 15) is 9.18 Å². The van der Waals surface area contributed by atoms with Crippen LogP contribution in [0.2, 0.25) is 5.02 Å². The molecule has 0 bridgehead atoms. The third kappa shape index (κ3) is 3.65. The monoisotopic (exact) mass is 440 g/mol. The number of carbonyl (C=O) groups is 1. The lowest BCUT2D eigenvalue weighted by Crippen LogP contribution is -2.60. The Balaban J connectivity index is 1.37. The average molecular weight is 441 g/mol. The molecule has 3 aromatic rings. The molecule has 0 N–H and O–H groups in total. The number of hydrogen-bond acceptors (Lipinski definition) is 5. The van der Waals surface area contributed by atoms with Crippen LogP contribution < -0.4 is 9.80 Å². The van der Waals surface area contributed by atoms with E-state index in [1.807, 2.05) is 35.2 Å². The molecule has 160 valence electrons. The predicted molar refractivity (Wildman–Crippen MR) is 116 cm³/mol. The molecule has 0 unspecified atom stereocenters. The number of rotatable bonds is 3. The summed E-state index contributed by atoms with van der Waals surface area (Å²) < 4.78 is 14.1. The van der Waals surface area contributed by atoms with Gasteiger partial charge in [0.25, 0.3) is 5.95 Å². The molecule has 0 aliphatic carbocycles. The molecule has 2 aliphatic heterocycles. The molecular formula is C22H22ClFN6O. The fraction of sp³-hybridized carbons (Fsp3) is 0.364. The summed E-state index contributed by atoms with van der Waals surface area (Å²) in [6.07, 6.45) is 3.71. The van der Waals surface area contributed by atoms with Crippen LogP contribution in [-0.4, -0.2) is 44.7 Å². The first-order valence-corrected chi connectivity index (χ1v) is 10.8. The number of aromatic nitrogens is 4. The third-order valence-corrected chi connectivity index (χ3v) is 6.59. The Morgan fingerprint density at radius 1 is 1.00 bits per heavy atom. The first kappa shape index (κ1) is 19.9. The Labute approximate surface area is 184 Å². The molecule has 2 fully saturated rings. The van der Waals surface area contributed by atoms with E-state index in [4.69, 9.17) is 11.6 Å². The number of tetrazole rings is 1. The molecule has 0 radical (unpaired) electrons. The van der Waals surface area contributed by atoms with Crippen molar-refractivity contribution in [1.82, 2.24) is 20.2 Å². The van der Waals surface area contributed by atoms with Crippen molar-refractivity contribution in [1.29, 1.82) is 0 Å². The van der Waals surface area contributed by atoms with Crippen LogP contribution in [0.3, 0.4) is 0 Å². The molecule has 0 atom stereocenters. The van der Waals surface area contributed by atoms with Gasteiger partial charge in [-0.3, -0.25) is 4.79 Å². The molecule has 31 heavy (non-hydrogen) atoms. The van der Waals surface area contributed by atoms with Gasteiger partial charge in [-0.2, -0.15) is 0 Å². The lowest BCUT2D eigenvalue weighted by atomic mass is 9.78. The van der Waals surface area contributed by atoms with Gasteiger partial charge in [-0.25, -0.2) is 4.39 Å². The van der Waals surface area contributed by atoms with Gasteiger partial charge in [0.05, 0.1) is 16.2 Å². The molecule has 2 aromatic carbocycles. The van der Waals surface area contributed by atoms with E-state index in [1.54, 1.807) is 6.07 Å². The number of benzene rings is 2. The minimum absolute atomic E-state index is 0.0366. The zero-order valence-corrected chi connectivity index (χ0v) is 17.7. The quantitative estimate of drug-likeness (QED) is 0.615. The normalized spacial score (nSPS) is 18.6. The number of halogens is 2. The van der Waals surface area contributed by atoms with Gasteiger partial charge in [0.2, 0.25) is 5.91 Å². The zero-order chi connectivity index (χ0) is 21.4. The van der Waals surface area contributed by atoms with Crippen LogP contribution in [-0.2, 0) is 4.79 Å². The molecule has 2 saturated heterocycles. The fourth-order valence-electron chi connectivity index (χ4n) is 4.70. The van der Waals surface area contributed by atoms with Crippen molar-refractivity contribution in [3.05, 3.63) is 59.4 Å². The van der Waals surface area contributed by atoms with E-state index in [-0.39, 0.29) is 16.5 Å². The van der Waals surface area contributed by atoms with Gasteiger partial charge in [-0.1, -0.05) is 34.9 Å². The van der Waals surface area contributed by atoms with Gasteiger partial charge in [0.1, 0.15) is 5.82 Å². The van der Waals surface area contributed by atoms with Crippen molar-refractivity contribution in [2.75, 3.05) is 22.9 Å². The maximum absolute atomic E-state index is 14.1. The van der Waals surface area contributed by atoms with E-state index in [0.29, 0.717) is 31.1 Å². The first-order valence-electron chi connectivity index (χ1n) is 10.4.